The summed E-state index contributed by atoms with van der Waals surface area (Å²) in [4.78, 5) is 0. The Bertz CT molecular complexity index is 620. The summed E-state index contributed by atoms with van der Waals surface area (Å²) in [6.07, 6.45) is 2.37. The van der Waals surface area contributed by atoms with Gasteiger partial charge in [-0.15, -0.1) is 0 Å². The molecule has 0 spiro atoms. The van der Waals surface area contributed by atoms with E-state index in [0.717, 1.165) is 0 Å². The molecule has 2 aromatic rings. The van der Waals surface area contributed by atoms with Crippen LogP contribution in [-0.4, -0.2) is 0 Å². The molecule has 0 aliphatic heterocycles. The molecular formula is C23H30. The van der Waals surface area contributed by atoms with Gasteiger partial charge in [0.2, 0.25) is 0 Å². The quantitative estimate of drug-likeness (QED) is 0.539. The lowest BCUT2D eigenvalue weighted by molar-refractivity contribution is 0.158. The van der Waals surface area contributed by atoms with Gasteiger partial charge in [0.15, 0.2) is 0 Å². The van der Waals surface area contributed by atoms with Crippen LogP contribution in [-0.2, 0) is 0 Å². The molecule has 122 valence electrons. The van der Waals surface area contributed by atoms with E-state index in [1.807, 2.05) is 0 Å². The smallest absolute Gasteiger partial charge is 0.00584 e. The van der Waals surface area contributed by atoms with Crippen molar-refractivity contribution in [2.75, 3.05) is 0 Å². The molecule has 0 aliphatic rings. The van der Waals surface area contributed by atoms with E-state index in [1.165, 1.54) is 16.7 Å². The van der Waals surface area contributed by atoms with Crippen molar-refractivity contribution < 1.29 is 0 Å². The number of benzene rings is 2. The second-order valence-corrected chi connectivity index (χ2v) is 8.54. The number of rotatable bonds is 3. The van der Waals surface area contributed by atoms with Gasteiger partial charge in [-0.2, -0.15) is 0 Å². The van der Waals surface area contributed by atoms with Gasteiger partial charge in [-0.05, 0) is 33.4 Å². The molecule has 0 atom stereocenters. The van der Waals surface area contributed by atoms with Crippen LogP contribution in [0, 0.1) is 16.7 Å². The summed E-state index contributed by atoms with van der Waals surface area (Å²) >= 11 is 0. The zero-order valence-corrected chi connectivity index (χ0v) is 15.4. The molecule has 0 saturated carbocycles. The zero-order chi connectivity index (χ0) is 17.1. The molecule has 0 N–H and O–H groups in total. The van der Waals surface area contributed by atoms with Crippen LogP contribution in [0.2, 0.25) is 0 Å². The summed E-state index contributed by atoms with van der Waals surface area (Å²) in [5, 5.41) is 0. The fourth-order valence-electron chi connectivity index (χ4n) is 3.92. The molecular weight excluding hydrogens is 276 g/mol. The van der Waals surface area contributed by atoms with Gasteiger partial charge in [-0.3, -0.25) is 0 Å². The average Bonchev–Trinajstić information content (AvgIpc) is 2.46. The third-order valence-corrected chi connectivity index (χ3v) is 4.27. The molecule has 0 fully saturated rings. The highest BCUT2D eigenvalue weighted by atomic mass is 14.4. The summed E-state index contributed by atoms with van der Waals surface area (Å²) in [6, 6.07) is 21.5. The van der Waals surface area contributed by atoms with Crippen molar-refractivity contribution in [3.8, 4) is 0 Å². The SMILES string of the molecule is CC(C)(C)C(/C(=C/c1ccccc1)c1ccccc1)C(C)(C)C. The van der Waals surface area contributed by atoms with Crippen LogP contribution in [0.5, 0.6) is 0 Å². The molecule has 0 aromatic heterocycles. The van der Waals surface area contributed by atoms with Gasteiger partial charge < -0.3 is 0 Å². The van der Waals surface area contributed by atoms with E-state index in [4.69, 9.17) is 0 Å². The lowest BCUT2D eigenvalue weighted by Gasteiger charge is -2.43. The average molecular weight is 306 g/mol. The minimum atomic E-state index is 0.189. The van der Waals surface area contributed by atoms with E-state index in [0.29, 0.717) is 5.92 Å². The number of allylic oxidation sites excluding steroid dienone is 1. The Labute approximate surface area is 142 Å². The largest absolute Gasteiger partial charge is 0.0622 e. The predicted molar refractivity (Wildman–Crippen MR) is 103 cm³/mol. The maximum atomic E-state index is 2.37. The first kappa shape index (κ1) is 17.5. The molecule has 0 saturated heterocycles. The molecule has 23 heavy (non-hydrogen) atoms. The minimum absolute atomic E-state index is 0.189. The van der Waals surface area contributed by atoms with E-state index in [1.54, 1.807) is 0 Å². The molecule has 0 heteroatoms. The van der Waals surface area contributed by atoms with Crippen LogP contribution in [0.4, 0.5) is 0 Å². The molecule has 0 nitrogen and oxygen atoms in total. The lowest BCUT2D eigenvalue weighted by Crippen LogP contribution is -2.33. The van der Waals surface area contributed by atoms with Gasteiger partial charge in [-0.25, -0.2) is 0 Å². The highest BCUT2D eigenvalue weighted by Gasteiger charge is 2.37. The van der Waals surface area contributed by atoms with Crippen molar-refractivity contribution >= 4 is 11.6 Å². The van der Waals surface area contributed by atoms with E-state index < -0.39 is 0 Å². The summed E-state index contributed by atoms with van der Waals surface area (Å²) in [7, 11) is 0. The molecule has 0 heterocycles. The molecule has 0 radical (unpaired) electrons. The highest BCUT2D eigenvalue weighted by Crippen LogP contribution is 2.48. The fourth-order valence-corrected chi connectivity index (χ4v) is 3.92. The Morgan fingerprint density at radius 1 is 0.696 bits per heavy atom. The standard InChI is InChI=1S/C23H30/c1-22(2,3)21(23(4,5)6)20(19-15-11-8-12-16-19)17-18-13-9-7-10-14-18/h7-17,21H,1-6H3/b20-17+. The van der Waals surface area contributed by atoms with E-state index in [-0.39, 0.29) is 10.8 Å². The van der Waals surface area contributed by atoms with Crippen LogP contribution in [0.15, 0.2) is 60.7 Å². The van der Waals surface area contributed by atoms with Crippen molar-refractivity contribution in [3.05, 3.63) is 71.8 Å². The maximum absolute atomic E-state index is 2.37. The van der Waals surface area contributed by atoms with E-state index in [2.05, 4.69) is 108 Å². The Morgan fingerprint density at radius 2 is 1.13 bits per heavy atom. The summed E-state index contributed by atoms with van der Waals surface area (Å²) in [5.74, 6) is 0.456. The Morgan fingerprint density at radius 3 is 1.57 bits per heavy atom. The van der Waals surface area contributed by atoms with Crippen molar-refractivity contribution in [2.45, 2.75) is 41.5 Å². The van der Waals surface area contributed by atoms with Crippen molar-refractivity contribution in [1.29, 1.82) is 0 Å². The van der Waals surface area contributed by atoms with E-state index >= 15 is 0 Å². The topological polar surface area (TPSA) is 0 Å². The van der Waals surface area contributed by atoms with Gasteiger partial charge in [0, 0.05) is 0 Å². The maximum Gasteiger partial charge on any atom is -0.00584 e. The van der Waals surface area contributed by atoms with Gasteiger partial charge in [0.1, 0.15) is 0 Å². The second-order valence-electron chi connectivity index (χ2n) is 8.54. The summed E-state index contributed by atoms with van der Waals surface area (Å²) in [5.41, 5.74) is 4.40. The third kappa shape index (κ3) is 4.58. The molecule has 0 bridgehead atoms. The van der Waals surface area contributed by atoms with Gasteiger partial charge in [-0.1, -0.05) is 108 Å². The predicted octanol–water partition coefficient (Wildman–Crippen LogP) is 6.94. The van der Waals surface area contributed by atoms with Gasteiger partial charge in [0.25, 0.3) is 0 Å². The first-order valence-corrected chi connectivity index (χ1v) is 8.51. The van der Waals surface area contributed by atoms with Gasteiger partial charge in [0.05, 0.1) is 0 Å². The van der Waals surface area contributed by atoms with Gasteiger partial charge >= 0.3 is 0 Å². The number of hydrogen-bond acceptors (Lipinski definition) is 0. The molecule has 0 aliphatic carbocycles. The Hall–Kier alpha value is -1.82. The Kier molecular flexibility index (Phi) is 5.14. The third-order valence-electron chi connectivity index (χ3n) is 4.27. The Balaban J connectivity index is 2.64. The molecule has 2 rings (SSSR count). The first-order chi connectivity index (χ1) is 10.7. The van der Waals surface area contributed by atoms with Crippen LogP contribution in [0.3, 0.4) is 0 Å². The minimum Gasteiger partial charge on any atom is -0.0622 e. The van der Waals surface area contributed by atoms with E-state index in [9.17, 15) is 0 Å². The van der Waals surface area contributed by atoms with Crippen molar-refractivity contribution in [2.24, 2.45) is 16.7 Å². The second kappa shape index (κ2) is 6.74. The number of hydrogen-bond donors (Lipinski definition) is 0. The normalized spacial score (nSPS) is 13.4. The van der Waals surface area contributed by atoms with Crippen molar-refractivity contribution in [1.82, 2.24) is 0 Å². The zero-order valence-electron chi connectivity index (χ0n) is 15.4. The monoisotopic (exact) mass is 306 g/mol. The lowest BCUT2D eigenvalue weighted by atomic mass is 9.62. The molecule has 0 unspecified atom stereocenters. The molecule has 0 amide bonds. The van der Waals surface area contributed by atoms with Crippen LogP contribution >= 0.6 is 0 Å². The van der Waals surface area contributed by atoms with Crippen LogP contribution in [0.1, 0.15) is 52.7 Å². The van der Waals surface area contributed by atoms with Crippen molar-refractivity contribution in [3.63, 3.8) is 0 Å². The molecule has 2 aromatic carbocycles. The highest BCUT2D eigenvalue weighted by molar-refractivity contribution is 5.83. The summed E-state index contributed by atoms with van der Waals surface area (Å²) < 4.78 is 0. The fraction of sp³-hybridized carbons (Fsp3) is 0.391. The van der Waals surface area contributed by atoms with Crippen LogP contribution < -0.4 is 0 Å². The first-order valence-electron chi connectivity index (χ1n) is 8.51. The summed E-state index contributed by atoms with van der Waals surface area (Å²) in [6.45, 7) is 14.1. The van der Waals surface area contributed by atoms with Crippen LogP contribution in [0.25, 0.3) is 11.6 Å².